The van der Waals surface area contributed by atoms with E-state index in [4.69, 9.17) is 11.6 Å². The van der Waals surface area contributed by atoms with Crippen molar-refractivity contribution in [3.8, 4) is 0 Å². The maximum absolute atomic E-state index is 13.5. The van der Waals surface area contributed by atoms with Crippen LogP contribution in [0.3, 0.4) is 0 Å². The highest BCUT2D eigenvalue weighted by Crippen LogP contribution is 2.37. The van der Waals surface area contributed by atoms with E-state index < -0.39 is 11.7 Å². The van der Waals surface area contributed by atoms with Gasteiger partial charge in [-0.15, -0.1) is 0 Å². The summed E-state index contributed by atoms with van der Waals surface area (Å²) in [5, 5.41) is 0.621. The Kier molecular flexibility index (Phi) is 5.21. The van der Waals surface area contributed by atoms with Crippen LogP contribution in [0.4, 0.5) is 13.2 Å². The highest BCUT2D eigenvalue weighted by atomic mass is 35.5. The first-order chi connectivity index (χ1) is 13.4. The van der Waals surface area contributed by atoms with Crippen LogP contribution in [0.2, 0.25) is 5.02 Å². The van der Waals surface area contributed by atoms with E-state index in [2.05, 4.69) is 9.47 Å². The van der Waals surface area contributed by atoms with Crippen LogP contribution in [-0.2, 0) is 19.3 Å². The number of benzene rings is 2. The van der Waals surface area contributed by atoms with Crippen molar-refractivity contribution < 1.29 is 13.2 Å². The van der Waals surface area contributed by atoms with Crippen molar-refractivity contribution in [2.24, 2.45) is 0 Å². The van der Waals surface area contributed by atoms with E-state index in [9.17, 15) is 13.2 Å². The highest BCUT2D eigenvalue weighted by molar-refractivity contribution is 6.30. The summed E-state index contributed by atoms with van der Waals surface area (Å²) in [6, 6.07) is 17.3. The summed E-state index contributed by atoms with van der Waals surface area (Å²) in [5.41, 5.74) is 1.78. The van der Waals surface area contributed by atoms with Crippen LogP contribution in [0, 0.1) is 0 Å². The number of rotatable bonds is 3. The molecule has 3 aromatic rings. The quantitative estimate of drug-likeness (QED) is 0.508. The average Bonchev–Trinajstić information content (AvgIpc) is 3.03. The molecule has 0 bridgehead atoms. The van der Waals surface area contributed by atoms with Gasteiger partial charge in [0.25, 0.3) is 0 Å². The van der Waals surface area contributed by atoms with Crippen LogP contribution in [-0.4, -0.2) is 16.0 Å². The molecule has 0 saturated carbocycles. The number of nitrogens with zero attached hydrogens (tertiary/aromatic N) is 2. The zero-order valence-electron chi connectivity index (χ0n) is 15.2. The third kappa shape index (κ3) is 3.82. The lowest BCUT2D eigenvalue weighted by Gasteiger charge is -2.31. The van der Waals surface area contributed by atoms with Gasteiger partial charge >= 0.3 is 6.18 Å². The number of aryl methyl sites for hydroxylation is 1. The fourth-order valence-electron chi connectivity index (χ4n) is 4.02. The van der Waals surface area contributed by atoms with Crippen LogP contribution in [0.15, 0.2) is 66.9 Å². The van der Waals surface area contributed by atoms with Gasteiger partial charge in [-0.1, -0.05) is 41.9 Å². The Morgan fingerprint density at radius 1 is 0.964 bits per heavy atom. The smallest absolute Gasteiger partial charge is 0.350 e. The minimum absolute atomic E-state index is 0.155. The van der Waals surface area contributed by atoms with E-state index in [-0.39, 0.29) is 12.6 Å². The molecule has 0 spiro atoms. The summed E-state index contributed by atoms with van der Waals surface area (Å²) in [6.45, 7) is 1.76. The first-order valence-corrected chi connectivity index (χ1v) is 9.61. The number of fused-ring (bicyclic) bond motifs is 1. The third-order valence-corrected chi connectivity index (χ3v) is 5.45. The molecule has 0 aliphatic carbocycles. The molecule has 0 radical (unpaired) electrons. The van der Waals surface area contributed by atoms with Gasteiger partial charge in [-0.2, -0.15) is 13.2 Å². The summed E-state index contributed by atoms with van der Waals surface area (Å²) >= 11 is 6.22. The second-order valence-electron chi connectivity index (χ2n) is 7.06. The van der Waals surface area contributed by atoms with E-state index >= 15 is 0 Å². The summed E-state index contributed by atoms with van der Waals surface area (Å²) in [4.78, 5) is 2.12. The van der Waals surface area contributed by atoms with Crippen molar-refractivity contribution in [2.75, 3.05) is 6.54 Å². The summed E-state index contributed by atoms with van der Waals surface area (Å²) in [6.07, 6.45) is -1.47. The normalized spacial score (nSPS) is 17.9. The first kappa shape index (κ1) is 19.1. The van der Waals surface area contributed by atoms with Crippen LogP contribution in [0.5, 0.6) is 0 Å². The lowest BCUT2D eigenvalue weighted by atomic mass is 10.00. The maximum Gasteiger partial charge on any atom is 0.416 e. The van der Waals surface area contributed by atoms with Gasteiger partial charge in [0.2, 0.25) is 0 Å². The second-order valence-corrected chi connectivity index (χ2v) is 7.50. The molecule has 6 heteroatoms. The number of aromatic nitrogens is 1. The van der Waals surface area contributed by atoms with Crippen LogP contribution < -0.4 is 0 Å². The summed E-state index contributed by atoms with van der Waals surface area (Å²) < 4.78 is 42.7. The van der Waals surface area contributed by atoms with Gasteiger partial charge in [-0.25, -0.2) is 0 Å². The Balaban J connectivity index is 1.77. The molecule has 4 rings (SSSR count). The molecule has 146 valence electrons. The number of hydrogen-bond donors (Lipinski definition) is 0. The molecule has 1 atom stereocenters. The topological polar surface area (TPSA) is 8.17 Å². The summed E-state index contributed by atoms with van der Waals surface area (Å²) in [5.74, 6) is 0. The molecule has 1 aliphatic rings. The lowest BCUT2D eigenvalue weighted by Crippen LogP contribution is -2.30. The highest BCUT2D eigenvalue weighted by Gasteiger charge is 2.35. The van der Waals surface area contributed by atoms with Crippen molar-refractivity contribution in [1.29, 1.82) is 0 Å². The molecule has 2 nitrogen and oxygen atoms in total. The Morgan fingerprint density at radius 2 is 1.79 bits per heavy atom. The molecule has 0 amide bonds. The average molecular weight is 405 g/mol. The molecule has 0 saturated heterocycles. The molecule has 2 heterocycles. The largest absolute Gasteiger partial charge is 0.416 e. The minimum Gasteiger partial charge on any atom is -0.350 e. The lowest BCUT2D eigenvalue weighted by molar-refractivity contribution is -0.138. The Labute approximate surface area is 167 Å². The minimum atomic E-state index is -4.37. The SMILES string of the molecule is FC(F)(F)c1ccccc1CN1CCCn2cccc2[C@H]1c1cccc(Cl)c1. The van der Waals surface area contributed by atoms with Crippen LogP contribution in [0.1, 0.15) is 34.8 Å². The molecule has 0 N–H and O–H groups in total. The molecule has 1 aromatic heterocycles. The molecule has 1 aliphatic heterocycles. The Bertz CT molecular complexity index is 964. The fourth-order valence-corrected chi connectivity index (χ4v) is 4.22. The Morgan fingerprint density at radius 3 is 2.57 bits per heavy atom. The monoisotopic (exact) mass is 404 g/mol. The molecule has 28 heavy (non-hydrogen) atoms. The van der Waals surface area contributed by atoms with E-state index in [0.717, 1.165) is 30.3 Å². The van der Waals surface area contributed by atoms with Crippen LogP contribution in [0.25, 0.3) is 0 Å². The zero-order valence-corrected chi connectivity index (χ0v) is 15.9. The van der Waals surface area contributed by atoms with E-state index in [1.54, 1.807) is 12.1 Å². The molecule has 0 fully saturated rings. The van der Waals surface area contributed by atoms with Crippen molar-refractivity contribution in [2.45, 2.75) is 31.7 Å². The molecular formula is C22H20ClF3N2. The number of halogens is 4. The van der Waals surface area contributed by atoms with Crippen molar-refractivity contribution in [3.05, 3.63) is 94.3 Å². The standard InChI is InChI=1S/C22H20ClF3N2/c23-18-8-3-7-16(14-18)21-20-10-4-11-27(20)12-5-13-28(21)15-17-6-1-2-9-19(17)22(24,25)26/h1-4,6-11,14,21H,5,12-13,15H2/t21-/m1/s1. The van der Waals surface area contributed by atoms with Gasteiger partial charge in [-0.3, -0.25) is 4.90 Å². The second kappa shape index (κ2) is 7.64. The fraction of sp³-hybridized carbons (Fsp3) is 0.273. The zero-order chi connectivity index (χ0) is 19.7. The van der Waals surface area contributed by atoms with Crippen molar-refractivity contribution in [3.63, 3.8) is 0 Å². The van der Waals surface area contributed by atoms with Gasteiger partial charge in [-0.05, 0) is 47.9 Å². The van der Waals surface area contributed by atoms with E-state index in [1.807, 2.05) is 42.6 Å². The maximum atomic E-state index is 13.5. The summed E-state index contributed by atoms with van der Waals surface area (Å²) in [7, 11) is 0. The predicted molar refractivity (Wildman–Crippen MR) is 104 cm³/mol. The van der Waals surface area contributed by atoms with Gasteiger partial charge in [0.05, 0.1) is 11.6 Å². The van der Waals surface area contributed by atoms with E-state index in [1.165, 1.54) is 6.07 Å². The molecule has 2 aromatic carbocycles. The van der Waals surface area contributed by atoms with Gasteiger partial charge in [0.15, 0.2) is 0 Å². The van der Waals surface area contributed by atoms with Gasteiger partial charge in [0.1, 0.15) is 0 Å². The third-order valence-electron chi connectivity index (χ3n) is 5.21. The number of hydrogen-bond acceptors (Lipinski definition) is 1. The predicted octanol–water partition coefficient (Wildman–Crippen LogP) is 6.16. The van der Waals surface area contributed by atoms with Gasteiger partial charge in [0, 0.05) is 36.5 Å². The molecule has 0 unspecified atom stereocenters. The van der Waals surface area contributed by atoms with Crippen molar-refractivity contribution in [1.82, 2.24) is 9.47 Å². The van der Waals surface area contributed by atoms with Gasteiger partial charge < -0.3 is 4.57 Å². The Hall–Kier alpha value is -2.24. The molecular weight excluding hydrogens is 385 g/mol. The van der Waals surface area contributed by atoms with Crippen LogP contribution >= 0.6 is 11.6 Å². The number of alkyl halides is 3. The first-order valence-electron chi connectivity index (χ1n) is 9.23. The van der Waals surface area contributed by atoms with E-state index in [0.29, 0.717) is 17.1 Å². The van der Waals surface area contributed by atoms with Crippen molar-refractivity contribution >= 4 is 11.6 Å².